The van der Waals surface area contributed by atoms with Gasteiger partial charge >= 0.3 is 0 Å². The van der Waals surface area contributed by atoms with E-state index in [1.807, 2.05) is 0 Å². The molecule has 1 amide bonds. The van der Waals surface area contributed by atoms with E-state index in [2.05, 4.69) is 10.0 Å². The van der Waals surface area contributed by atoms with Crippen LogP contribution in [0, 0.1) is 17.0 Å². The van der Waals surface area contributed by atoms with Gasteiger partial charge in [-0.2, -0.15) is 0 Å². The minimum Gasteiger partial charge on any atom is -0.495 e. The summed E-state index contributed by atoms with van der Waals surface area (Å²) in [5.74, 6) is 0.00705. The first kappa shape index (κ1) is 20.2. The van der Waals surface area contributed by atoms with Crippen LogP contribution in [0.2, 0.25) is 0 Å². The SMILES string of the molecule is CCC(=O)Nc1cc(S(=O)(=O)Nc2cc([N+](=O)[O-])ccc2C)ccc1OC. The first-order valence-electron chi connectivity index (χ1n) is 7.93. The van der Waals surface area contributed by atoms with Crippen molar-refractivity contribution in [2.75, 3.05) is 17.1 Å². The van der Waals surface area contributed by atoms with Crippen LogP contribution in [0.4, 0.5) is 17.1 Å². The zero-order valence-electron chi connectivity index (χ0n) is 15.0. The Labute approximate surface area is 156 Å². The third-order valence-electron chi connectivity index (χ3n) is 3.75. The summed E-state index contributed by atoms with van der Waals surface area (Å²) in [6.45, 7) is 3.29. The summed E-state index contributed by atoms with van der Waals surface area (Å²) in [7, 11) is -2.65. The summed E-state index contributed by atoms with van der Waals surface area (Å²) in [4.78, 5) is 21.8. The van der Waals surface area contributed by atoms with Crippen molar-refractivity contribution >= 4 is 33.0 Å². The lowest BCUT2D eigenvalue weighted by molar-refractivity contribution is -0.384. The molecular weight excluding hydrogens is 374 g/mol. The fourth-order valence-corrected chi connectivity index (χ4v) is 3.38. The lowest BCUT2D eigenvalue weighted by Gasteiger charge is -2.14. The van der Waals surface area contributed by atoms with Gasteiger partial charge in [-0.25, -0.2) is 8.42 Å². The van der Waals surface area contributed by atoms with Crippen molar-refractivity contribution in [3.63, 3.8) is 0 Å². The van der Waals surface area contributed by atoms with Crippen molar-refractivity contribution in [1.29, 1.82) is 0 Å². The lowest BCUT2D eigenvalue weighted by atomic mass is 10.2. The third-order valence-corrected chi connectivity index (χ3v) is 5.12. The molecule has 0 aliphatic heterocycles. The zero-order valence-corrected chi connectivity index (χ0v) is 15.8. The summed E-state index contributed by atoms with van der Waals surface area (Å²) in [5, 5.41) is 13.5. The minimum absolute atomic E-state index is 0.0964. The number of non-ortho nitro benzene ring substituents is 1. The molecule has 0 aliphatic rings. The van der Waals surface area contributed by atoms with Crippen LogP contribution < -0.4 is 14.8 Å². The molecule has 0 aliphatic carbocycles. The second-order valence-electron chi connectivity index (χ2n) is 5.63. The summed E-state index contributed by atoms with van der Waals surface area (Å²) in [6.07, 6.45) is 0.214. The number of sulfonamides is 1. The van der Waals surface area contributed by atoms with Gasteiger partial charge in [0.05, 0.1) is 28.3 Å². The van der Waals surface area contributed by atoms with Crippen molar-refractivity contribution < 1.29 is 22.9 Å². The van der Waals surface area contributed by atoms with E-state index in [0.717, 1.165) is 6.07 Å². The molecule has 2 N–H and O–H groups in total. The van der Waals surface area contributed by atoms with Crippen LogP contribution in [-0.2, 0) is 14.8 Å². The average Bonchev–Trinajstić information content (AvgIpc) is 2.62. The molecule has 0 saturated heterocycles. The Morgan fingerprint density at radius 2 is 1.89 bits per heavy atom. The molecule has 144 valence electrons. The number of aryl methyl sites for hydroxylation is 1. The van der Waals surface area contributed by atoms with E-state index < -0.39 is 14.9 Å². The molecule has 2 aromatic rings. The van der Waals surface area contributed by atoms with Gasteiger partial charge in [0.1, 0.15) is 5.75 Å². The molecule has 27 heavy (non-hydrogen) atoms. The highest BCUT2D eigenvalue weighted by molar-refractivity contribution is 7.92. The van der Waals surface area contributed by atoms with Crippen LogP contribution in [0.5, 0.6) is 5.75 Å². The number of nitro groups is 1. The zero-order chi connectivity index (χ0) is 20.2. The Kier molecular flexibility index (Phi) is 6.01. The van der Waals surface area contributed by atoms with Crippen molar-refractivity contribution in [2.24, 2.45) is 0 Å². The Hall–Kier alpha value is -3.14. The Balaban J connectivity index is 2.42. The number of nitrogens with zero attached hydrogens (tertiary/aromatic N) is 1. The van der Waals surface area contributed by atoms with Crippen molar-refractivity contribution in [2.45, 2.75) is 25.2 Å². The van der Waals surface area contributed by atoms with Crippen LogP contribution in [-0.4, -0.2) is 26.4 Å². The van der Waals surface area contributed by atoms with Crippen LogP contribution in [0.25, 0.3) is 0 Å². The molecule has 9 nitrogen and oxygen atoms in total. The molecular formula is C17H19N3O6S. The van der Waals surface area contributed by atoms with E-state index in [1.165, 1.54) is 37.4 Å². The monoisotopic (exact) mass is 393 g/mol. The van der Waals surface area contributed by atoms with Crippen LogP contribution in [0.1, 0.15) is 18.9 Å². The smallest absolute Gasteiger partial charge is 0.271 e. The first-order chi connectivity index (χ1) is 12.7. The highest BCUT2D eigenvalue weighted by Crippen LogP contribution is 2.30. The number of benzene rings is 2. The summed E-state index contributed by atoms with van der Waals surface area (Å²) in [6, 6.07) is 7.89. The fraction of sp³-hybridized carbons (Fsp3) is 0.235. The van der Waals surface area contributed by atoms with Gasteiger partial charge in [-0.1, -0.05) is 13.0 Å². The maximum Gasteiger partial charge on any atom is 0.271 e. The molecule has 0 aromatic heterocycles. The summed E-state index contributed by atoms with van der Waals surface area (Å²) < 4.78 is 32.9. The van der Waals surface area contributed by atoms with E-state index in [-0.39, 0.29) is 34.3 Å². The van der Waals surface area contributed by atoms with E-state index in [9.17, 15) is 23.3 Å². The summed E-state index contributed by atoms with van der Waals surface area (Å²) >= 11 is 0. The first-order valence-corrected chi connectivity index (χ1v) is 9.42. The van der Waals surface area contributed by atoms with Gasteiger partial charge in [-0.15, -0.1) is 0 Å². The minimum atomic E-state index is -4.05. The number of hydrogen-bond donors (Lipinski definition) is 2. The van der Waals surface area contributed by atoms with Gasteiger partial charge in [-0.05, 0) is 30.7 Å². The maximum atomic E-state index is 12.7. The second-order valence-corrected chi connectivity index (χ2v) is 7.31. The Morgan fingerprint density at radius 1 is 1.19 bits per heavy atom. The molecule has 2 aromatic carbocycles. The predicted octanol–water partition coefficient (Wildman–Crippen LogP) is 3.06. The van der Waals surface area contributed by atoms with Gasteiger partial charge in [-0.3, -0.25) is 19.6 Å². The Bertz CT molecular complexity index is 988. The quantitative estimate of drug-likeness (QED) is 0.550. The Morgan fingerprint density at radius 3 is 2.48 bits per heavy atom. The number of carbonyl (C=O) groups is 1. The lowest BCUT2D eigenvalue weighted by Crippen LogP contribution is -2.15. The number of carbonyl (C=O) groups excluding carboxylic acids is 1. The molecule has 0 saturated carbocycles. The highest BCUT2D eigenvalue weighted by Gasteiger charge is 2.20. The number of amides is 1. The number of methoxy groups -OCH3 is 1. The van der Waals surface area contributed by atoms with Crippen LogP contribution >= 0.6 is 0 Å². The maximum absolute atomic E-state index is 12.7. The molecule has 10 heteroatoms. The van der Waals surface area contributed by atoms with Gasteiger partial charge in [0.25, 0.3) is 15.7 Å². The van der Waals surface area contributed by atoms with E-state index in [1.54, 1.807) is 13.8 Å². The molecule has 0 unspecified atom stereocenters. The fourth-order valence-electron chi connectivity index (χ4n) is 2.23. The van der Waals surface area contributed by atoms with Crippen LogP contribution in [0.3, 0.4) is 0 Å². The summed E-state index contributed by atoms with van der Waals surface area (Å²) in [5.41, 5.74) is 0.600. The van der Waals surface area contributed by atoms with Gasteiger partial charge in [0.15, 0.2) is 0 Å². The highest BCUT2D eigenvalue weighted by atomic mass is 32.2. The number of hydrogen-bond acceptors (Lipinski definition) is 6. The largest absolute Gasteiger partial charge is 0.495 e. The molecule has 0 radical (unpaired) electrons. The van der Waals surface area contributed by atoms with Crippen LogP contribution in [0.15, 0.2) is 41.3 Å². The molecule has 2 rings (SSSR count). The van der Waals surface area contributed by atoms with Gasteiger partial charge < -0.3 is 10.1 Å². The number of nitrogens with one attached hydrogen (secondary N) is 2. The second kappa shape index (κ2) is 8.04. The molecule has 0 heterocycles. The van der Waals surface area contributed by atoms with Gasteiger partial charge in [0, 0.05) is 18.6 Å². The number of ether oxygens (including phenoxy) is 1. The number of rotatable bonds is 7. The average molecular weight is 393 g/mol. The molecule has 0 fully saturated rings. The van der Waals surface area contributed by atoms with Crippen molar-refractivity contribution in [3.8, 4) is 5.75 Å². The standard InChI is InChI=1S/C17H19N3O6S/c1-4-17(21)18-15-10-13(7-8-16(15)26-3)27(24,25)19-14-9-12(20(22)23)6-5-11(14)2/h5-10,19H,4H2,1-3H3,(H,18,21). The third kappa shape index (κ3) is 4.73. The van der Waals surface area contributed by atoms with E-state index in [4.69, 9.17) is 4.74 Å². The van der Waals surface area contributed by atoms with Crippen molar-refractivity contribution in [3.05, 3.63) is 52.1 Å². The van der Waals surface area contributed by atoms with Crippen molar-refractivity contribution in [1.82, 2.24) is 0 Å². The number of nitro benzene ring substituents is 1. The number of anilines is 2. The molecule has 0 bridgehead atoms. The van der Waals surface area contributed by atoms with E-state index >= 15 is 0 Å². The topological polar surface area (TPSA) is 128 Å². The normalized spacial score (nSPS) is 10.9. The van der Waals surface area contributed by atoms with Gasteiger partial charge in [0.2, 0.25) is 5.91 Å². The molecule has 0 atom stereocenters. The van der Waals surface area contributed by atoms with E-state index in [0.29, 0.717) is 11.3 Å². The predicted molar refractivity (Wildman–Crippen MR) is 101 cm³/mol. The molecule has 0 spiro atoms.